The zero-order valence-corrected chi connectivity index (χ0v) is 25.9. The highest BCUT2D eigenvalue weighted by Crippen LogP contribution is 2.34. The van der Waals surface area contributed by atoms with Crippen LogP contribution in [0.25, 0.3) is 0 Å². The van der Waals surface area contributed by atoms with Crippen LogP contribution in [0.1, 0.15) is 28.4 Å². The maximum atomic E-state index is 13.9. The van der Waals surface area contributed by atoms with Crippen molar-refractivity contribution >= 4 is 46.4 Å². The van der Waals surface area contributed by atoms with Crippen molar-refractivity contribution in [2.45, 2.75) is 20.0 Å². The summed E-state index contributed by atoms with van der Waals surface area (Å²) in [6.07, 6.45) is -1.61. The minimum atomic E-state index is -4.68. The fourth-order valence-electron chi connectivity index (χ4n) is 4.77. The first-order valence-electron chi connectivity index (χ1n) is 14.3. The number of carbonyl (C=O) groups is 2. The molecule has 12 nitrogen and oxygen atoms in total. The van der Waals surface area contributed by atoms with Gasteiger partial charge in [0, 0.05) is 69.0 Å². The predicted molar refractivity (Wildman–Crippen MR) is 172 cm³/mol. The van der Waals surface area contributed by atoms with Crippen molar-refractivity contribution < 1.29 is 27.9 Å². The van der Waals surface area contributed by atoms with E-state index in [2.05, 4.69) is 20.6 Å². The number of piperazine rings is 1. The van der Waals surface area contributed by atoms with Gasteiger partial charge in [0.15, 0.2) is 0 Å². The molecule has 1 aliphatic heterocycles. The van der Waals surface area contributed by atoms with Gasteiger partial charge >= 0.3 is 12.1 Å². The Morgan fingerprint density at radius 2 is 1.83 bits per heavy atom. The summed E-state index contributed by atoms with van der Waals surface area (Å²) in [5, 5.41) is 14.7. The van der Waals surface area contributed by atoms with Crippen molar-refractivity contribution in [3.8, 4) is 0 Å². The number of anilines is 4. The molecule has 0 radical (unpaired) electrons. The minimum Gasteiger partial charge on any atom is -0.480 e. The lowest BCUT2D eigenvalue weighted by molar-refractivity contribution is -0.139. The maximum Gasteiger partial charge on any atom is 0.416 e. The topological polar surface area (TPSA) is 152 Å². The third-order valence-corrected chi connectivity index (χ3v) is 7.26. The number of aliphatic imine (C=N–C) groups is 1. The monoisotopic (exact) mass is 639 g/mol. The number of amidine groups is 1. The number of alkyl halides is 3. The van der Waals surface area contributed by atoms with Crippen LogP contribution >= 0.6 is 0 Å². The highest BCUT2D eigenvalue weighted by Gasteiger charge is 2.33. The van der Waals surface area contributed by atoms with Gasteiger partial charge in [-0.15, -0.1) is 0 Å². The lowest BCUT2D eigenvalue weighted by Gasteiger charge is -2.35. The number of rotatable bonds is 9. The van der Waals surface area contributed by atoms with Crippen molar-refractivity contribution in [3.63, 3.8) is 0 Å². The van der Waals surface area contributed by atoms with E-state index in [1.54, 1.807) is 66.1 Å². The normalized spacial score (nSPS) is 14.6. The number of benzene rings is 2. The number of likely N-dealkylation sites (N-methyl/N-ethyl adjacent to an activating group) is 1. The molecule has 0 bridgehead atoms. The molecule has 3 aromatic rings. The van der Waals surface area contributed by atoms with E-state index in [9.17, 15) is 22.8 Å². The van der Waals surface area contributed by atoms with Gasteiger partial charge in [-0.3, -0.25) is 14.5 Å². The third-order valence-electron chi connectivity index (χ3n) is 7.26. The van der Waals surface area contributed by atoms with E-state index in [-0.39, 0.29) is 17.8 Å². The lowest BCUT2D eigenvalue weighted by Crippen LogP contribution is -2.48. The van der Waals surface area contributed by atoms with Crippen molar-refractivity contribution in [3.05, 3.63) is 77.3 Å². The van der Waals surface area contributed by atoms with Crippen molar-refractivity contribution in [2.75, 3.05) is 67.3 Å². The van der Waals surface area contributed by atoms with Gasteiger partial charge in [-0.1, -0.05) is 6.07 Å². The van der Waals surface area contributed by atoms with E-state index in [0.29, 0.717) is 60.7 Å². The molecule has 15 heteroatoms. The third kappa shape index (κ3) is 8.72. The summed E-state index contributed by atoms with van der Waals surface area (Å²) in [5.74, 6) is -0.117. The number of hydrogen-bond donors (Lipinski definition) is 4. The van der Waals surface area contributed by atoms with Gasteiger partial charge in [-0.05, 0) is 55.8 Å². The van der Waals surface area contributed by atoms with Crippen LogP contribution in [0.4, 0.5) is 41.9 Å². The van der Waals surface area contributed by atoms with Crippen LogP contribution < -0.4 is 26.2 Å². The Hall–Kier alpha value is -5.18. The number of nitrogens with zero attached hydrogens (tertiary/aromatic N) is 6. The summed E-state index contributed by atoms with van der Waals surface area (Å²) < 4.78 is 41.6. The van der Waals surface area contributed by atoms with E-state index < -0.39 is 23.6 Å². The quantitative estimate of drug-likeness (QED) is 0.197. The second-order valence-corrected chi connectivity index (χ2v) is 10.8. The largest absolute Gasteiger partial charge is 0.480 e. The number of aliphatic carboxylic acids is 1. The van der Waals surface area contributed by atoms with E-state index >= 15 is 0 Å². The van der Waals surface area contributed by atoms with Crippen molar-refractivity contribution in [2.24, 2.45) is 10.7 Å². The summed E-state index contributed by atoms with van der Waals surface area (Å²) >= 11 is 0. The number of carboxylic acid groups (broad SMARTS) is 1. The summed E-state index contributed by atoms with van der Waals surface area (Å²) in [4.78, 5) is 42.7. The Morgan fingerprint density at radius 1 is 1.11 bits per heavy atom. The predicted octanol–water partition coefficient (Wildman–Crippen LogP) is 4.33. The molecule has 46 heavy (non-hydrogen) atoms. The van der Waals surface area contributed by atoms with Gasteiger partial charge in [0.05, 0.1) is 17.8 Å². The first kappa shape index (κ1) is 33.7. The number of amides is 1. The zero-order valence-electron chi connectivity index (χ0n) is 25.9. The van der Waals surface area contributed by atoms with Crippen LogP contribution in [0.5, 0.6) is 0 Å². The van der Waals surface area contributed by atoms with Crippen molar-refractivity contribution in [1.29, 1.82) is 0 Å². The van der Waals surface area contributed by atoms with Gasteiger partial charge in [-0.25, -0.2) is 15.0 Å². The van der Waals surface area contributed by atoms with E-state index in [1.807, 2.05) is 6.92 Å². The summed E-state index contributed by atoms with van der Waals surface area (Å²) in [5.41, 5.74) is 7.16. The van der Waals surface area contributed by atoms with Gasteiger partial charge in [0.1, 0.15) is 23.8 Å². The fourth-order valence-corrected chi connectivity index (χ4v) is 4.77. The summed E-state index contributed by atoms with van der Waals surface area (Å²) in [6.45, 7) is 4.75. The SMILES string of the molecule is CNc1cc(N(C)C(C=C(C)N)=Nc2cc(NC(=O)c3cc(N4CCN(CC(=O)O)CC4)cc(C(F)(F)F)c3)ccc2C)ncn1. The van der Waals surface area contributed by atoms with E-state index in [4.69, 9.17) is 15.8 Å². The Morgan fingerprint density at radius 3 is 2.46 bits per heavy atom. The smallest absolute Gasteiger partial charge is 0.416 e. The molecule has 1 aromatic heterocycles. The average molecular weight is 640 g/mol. The van der Waals surface area contributed by atoms with E-state index in [0.717, 1.165) is 17.7 Å². The maximum absolute atomic E-state index is 13.9. The zero-order chi connectivity index (χ0) is 33.6. The van der Waals surface area contributed by atoms with Gasteiger partial charge in [0.25, 0.3) is 5.91 Å². The molecule has 4 rings (SSSR count). The Labute approximate surface area is 264 Å². The average Bonchev–Trinajstić information content (AvgIpc) is 3.01. The number of allylic oxidation sites excluding steroid dienone is 1. The van der Waals surface area contributed by atoms with Crippen LogP contribution in [0.15, 0.2) is 65.6 Å². The second kappa shape index (κ2) is 14.3. The highest BCUT2D eigenvalue weighted by molar-refractivity contribution is 6.07. The van der Waals surface area contributed by atoms with Crippen LogP contribution in [-0.4, -0.2) is 84.5 Å². The Kier molecular flexibility index (Phi) is 10.5. The first-order chi connectivity index (χ1) is 21.7. The van der Waals surface area contributed by atoms with Crippen LogP contribution in [0.3, 0.4) is 0 Å². The number of nitrogens with two attached hydrogens (primary N) is 1. The van der Waals surface area contributed by atoms with Crippen LogP contribution in [0, 0.1) is 6.92 Å². The number of carboxylic acids is 1. The molecule has 0 saturated carbocycles. The van der Waals surface area contributed by atoms with E-state index in [1.165, 1.54) is 12.4 Å². The molecule has 0 unspecified atom stereocenters. The molecule has 2 aromatic carbocycles. The molecule has 244 valence electrons. The number of halogens is 3. The van der Waals surface area contributed by atoms with Crippen LogP contribution in [0.2, 0.25) is 0 Å². The standard InChI is InChI=1S/C31H36F3N9O3/c1-19-5-6-23(15-25(19)40-28(11-20(2)35)41(4)27-16-26(36-3)37-18-38-27)39-30(46)21-12-22(31(32,33)34)14-24(13-21)43-9-7-42(8-10-43)17-29(44)45/h5-6,11-16,18H,7-10,17,35H2,1-4H3,(H,39,46)(H,44,45)(H,36,37,38). The molecule has 0 atom stereocenters. The number of hydrogen-bond acceptors (Lipinski definition) is 9. The number of aryl methyl sites for hydroxylation is 1. The Balaban J connectivity index is 1.62. The first-order valence-corrected chi connectivity index (χ1v) is 14.3. The van der Waals surface area contributed by atoms with Crippen LogP contribution in [-0.2, 0) is 11.0 Å². The van der Waals surface area contributed by atoms with Gasteiger partial charge in [0.2, 0.25) is 0 Å². The summed E-state index contributed by atoms with van der Waals surface area (Å²) in [6, 6.07) is 9.96. The Bertz CT molecular complexity index is 1650. The number of nitrogens with one attached hydrogen (secondary N) is 2. The fraction of sp³-hybridized carbons (Fsp3) is 0.323. The molecule has 5 N–H and O–H groups in total. The summed E-state index contributed by atoms with van der Waals surface area (Å²) in [7, 11) is 3.50. The second-order valence-electron chi connectivity index (χ2n) is 10.8. The molecule has 1 aliphatic rings. The minimum absolute atomic E-state index is 0.148. The highest BCUT2D eigenvalue weighted by atomic mass is 19.4. The molecule has 2 heterocycles. The molecule has 0 spiro atoms. The molecule has 1 amide bonds. The van der Waals surface area contributed by atoms with Gasteiger partial charge in [-0.2, -0.15) is 13.2 Å². The van der Waals surface area contributed by atoms with Gasteiger partial charge < -0.3 is 31.3 Å². The number of carbonyl (C=O) groups excluding carboxylic acids is 1. The van der Waals surface area contributed by atoms with Crippen molar-refractivity contribution in [1.82, 2.24) is 14.9 Å². The molecule has 0 aliphatic carbocycles. The molecular weight excluding hydrogens is 603 g/mol. The molecule has 1 fully saturated rings. The molecule has 1 saturated heterocycles. The lowest BCUT2D eigenvalue weighted by atomic mass is 10.1. The number of aromatic nitrogens is 2. The molecular formula is C31H36F3N9O3.